The molecule has 1 fully saturated rings. The number of nitrogens with one attached hydrogen (secondary N) is 1. The first-order valence-corrected chi connectivity index (χ1v) is 10.7. The molecule has 0 aromatic carbocycles. The van der Waals surface area contributed by atoms with Gasteiger partial charge in [-0.05, 0) is 45.6 Å². The Morgan fingerprint density at radius 2 is 1.68 bits per heavy atom. The molecule has 0 aromatic heterocycles. The molecule has 0 bridgehead atoms. The highest BCUT2D eigenvalue weighted by atomic mass is 16.5. The molecule has 25 heavy (non-hydrogen) atoms. The maximum absolute atomic E-state index is 11.8. The minimum atomic E-state index is 0.247. The van der Waals surface area contributed by atoms with Crippen LogP contribution in [0.4, 0.5) is 0 Å². The van der Waals surface area contributed by atoms with Crippen LogP contribution < -0.4 is 5.32 Å². The van der Waals surface area contributed by atoms with Crippen LogP contribution in [0.2, 0.25) is 0 Å². The number of rotatable bonds is 14. The Morgan fingerprint density at radius 3 is 2.28 bits per heavy atom. The predicted octanol–water partition coefficient (Wildman–Crippen LogP) is 4.63. The second-order valence-electron chi connectivity index (χ2n) is 7.22. The molecule has 1 saturated heterocycles. The van der Waals surface area contributed by atoms with Crippen molar-refractivity contribution in [2.75, 3.05) is 32.8 Å². The van der Waals surface area contributed by atoms with E-state index in [4.69, 9.17) is 4.74 Å². The largest absolute Gasteiger partial charge is 0.379 e. The maximum Gasteiger partial charge on any atom is 0.220 e. The molecule has 0 aliphatic carbocycles. The Bertz CT molecular complexity index is 302. The SMILES string of the molecule is CC.CCCN1CC(CC(=O)NCCCCCCCCOC(C)C)C1. The smallest absolute Gasteiger partial charge is 0.220 e. The van der Waals surface area contributed by atoms with E-state index in [2.05, 4.69) is 31.0 Å². The molecule has 1 N–H and O–H groups in total. The Balaban J connectivity index is 0.00000277. The van der Waals surface area contributed by atoms with Crippen LogP contribution >= 0.6 is 0 Å². The summed E-state index contributed by atoms with van der Waals surface area (Å²) in [5.41, 5.74) is 0. The molecule has 4 nitrogen and oxygen atoms in total. The highest BCUT2D eigenvalue weighted by molar-refractivity contribution is 5.76. The van der Waals surface area contributed by atoms with Crippen molar-refractivity contribution in [3.05, 3.63) is 0 Å². The first-order valence-electron chi connectivity index (χ1n) is 10.7. The zero-order valence-corrected chi connectivity index (χ0v) is 17.6. The predicted molar refractivity (Wildman–Crippen MR) is 108 cm³/mol. The number of hydrogen-bond donors (Lipinski definition) is 1. The lowest BCUT2D eigenvalue weighted by Crippen LogP contribution is -2.48. The van der Waals surface area contributed by atoms with Crippen LogP contribution in [0.3, 0.4) is 0 Å². The first kappa shape index (κ1) is 24.4. The number of carbonyl (C=O) groups is 1. The second-order valence-corrected chi connectivity index (χ2v) is 7.22. The van der Waals surface area contributed by atoms with Crippen molar-refractivity contribution >= 4 is 5.91 Å². The quantitative estimate of drug-likeness (QED) is 0.462. The van der Waals surface area contributed by atoms with Gasteiger partial charge in [0.1, 0.15) is 0 Å². The highest BCUT2D eigenvalue weighted by Crippen LogP contribution is 2.18. The van der Waals surface area contributed by atoms with Crippen LogP contribution in [-0.4, -0.2) is 49.7 Å². The number of amides is 1. The summed E-state index contributed by atoms with van der Waals surface area (Å²) in [6.07, 6.45) is 9.60. The van der Waals surface area contributed by atoms with E-state index >= 15 is 0 Å². The number of unbranched alkanes of at least 4 members (excludes halogenated alkanes) is 5. The van der Waals surface area contributed by atoms with Gasteiger partial charge in [0, 0.05) is 32.7 Å². The number of carbonyl (C=O) groups excluding carboxylic acids is 1. The van der Waals surface area contributed by atoms with Gasteiger partial charge < -0.3 is 15.0 Å². The van der Waals surface area contributed by atoms with E-state index in [-0.39, 0.29) is 5.91 Å². The van der Waals surface area contributed by atoms with Crippen molar-refractivity contribution in [2.24, 2.45) is 5.92 Å². The molecule has 1 aliphatic rings. The number of ether oxygens (including phenoxy) is 1. The van der Waals surface area contributed by atoms with Gasteiger partial charge in [-0.2, -0.15) is 0 Å². The molecule has 1 aliphatic heterocycles. The fraction of sp³-hybridized carbons (Fsp3) is 0.952. The summed E-state index contributed by atoms with van der Waals surface area (Å²) >= 11 is 0. The normalized spacial score (nSPS) is 14.8. The summed E-state index contributed by atoms with van der Waals surface area (Å²) in [5, 5.41) is 3.07. The molecule has 1 rings (SSSR count). The fourth-order valence-corrected chi connectivity index (χ4v) is 3.12. The van der Waals surface area contributed by atoms with Gasteiger partial charge in [0.15, 0.2) is 0 Å². The third-order valence-corrected chi connectivity index (χ3v) is 4.39. The van der Waals surface area contributed by atoms with Gasteiger partial charge in [-0.15, -0.1) is 0 Å². The highest BCUT2D eigenvalue weighted by Gasteiger charge is 2.27. The fourth-order valence-electron chi connectivity index (χ4n) is 3.12. The molecule has 0 radical (unpaired) electrons. The molecule has 1 heterocycles. The molecule has 1 amide bonds. The van der Waals surface area contributed by atoms with Gasteiger partial charge >= 0.3 is 0 Å². The van der Waals surface area contributed by atoms with Crippen LogP contribution in [0.15, 0.2) is 0 Å². The van der Waals surface area contributed by atoms with E-state index in [9.17, 15) is 4.79 Å². The van der Waals surface area contributed by atoms with E-state index in [1.54, 1.807) is 0 Å². The average Bonchev–Trinajstić information content (AvgIpc) is 2.56. The lowest BCUT2D eigenvalue weighted by atomic mass is 9.96. The monoisotopic (exact) mass is 356 g/mol. The van der Waals surface area contributed by atoms with Gasteiger partial charge in [-0.25, -0.2) is 0 Å². The standard InChI is InChI=1S/C19H38N2O2.C2H6/c1-4-12-21-15-18(16-21)14-19(22)20-11-9-7-5-6-8-10-13-23-17(2)3;1-2/h17-18H,4-16H2,1-3H3,(H,20,22);1-2H3. The van der Waals surface area contributed by atoms with Crippen molar-refractivity contribution in [3.63, 3.8) is 0 Å². The van der Waals surface area contributed by atoms with E-state index in [1.165, 1.54) is 45.1 Å². The Hall–Kier alpha value is -0.610. The van der Waals surface area contributed by atoms with Gasteiger partial charge in [0.25, 0.3) is 0 Å². The molecule has 0 atom stereocenters. The van der Waals surface area contributed by atoms with Crippen LogP contribution in [0.25, 0.3) is 0 Å². The lowest BCUT2D eigenvalue weighted by molar-refractivity contribution is -0.123. The molecule has 0 spiro atoms. The molecule has 150 valence electrons. The van der Waals surface area contributed by atoms with Crippen molar-refractivity contribution in [1.29, 1.82) is 0 Å². The van der Waals surface area contributed by atoms with Crippen molar-refractivity contribution in [1.82, 2.24) is 10.2 Å². The van der Waals surface area contributed by atoms with Crippen molar-refractivity contribution in [2.45, 2.75) is 92.1 Å². The topological polar surface area (TPSA) is 41.6 Å². The number of likely N-dealkylation sites (tertiary alicyclic amines) is 1. The van der Waals surface area contributed by atoms with Crippen molar-refractivity contribution in [3.8, 4) is 0 Å². The zero-order valence-electron chi connectivity index (χ0n) is 17.6. The summed E-state index contributed by atoms with van der Waals surface area (Å²) in [6.45, 7) is 15.5. The molecular weight excluding hydrogens is 312 g/mol. The third-order valence-electron chi connectivity index (χ3n) is 4.39. The number of nitrogens with zero attached hydrogens (tertiary/aromatic N) is 1. The van der Waals surface area contributed by atoms with E-state index in [0.717, 1.165) is 39.1 Å². The van der Waals surface area contributed by atoms with E-state index in [1.807, 2.05) is 13.8 Å². The van der Waals surface area contributed by atoms with E-state index < -0.39 is 0 Å². The Labute approximate surface area is 157 Å². The summed E-state index contributed by atoms with van der Waals surface area (Å²) in [7, 11) is 0. The molecular formula is C21H44N2O2. The van der Waals surface area contributed by atoms with Crippen LogP contribution in [0.5, 0.6) is 0 Å². The summed E-state index contributed by atoms with van der Waals surface area (Å²) in [5.74, 6) is 0.839. The molecule has 0 unspecified atom stereocenters. The zero-order chi connectivity index (χ0) is 18.9. The van der Waals surface area contributed by atoms with Crippen LogP contribution in [0, 0.1) is 5.92 Å². The summed E-state index contributed by atoms with van der Waals surface area (Å²) in [4.78, 5) is 14.3. The van der Waals surface area contributed by atoms with Gasteiger partial charge in [0.2, 0.25) is 5.91 Å². The molecule has 0 saturated carbocycles. The van der Waals surface area contributed by atoms with Gasteiger partial charge in [-0.3, -0.25) is 4.79 Å². The van der Waals surface area contributed by atoms with E-state index in [0.29, 0.717) is 12.0 Å². The number of hydrogen-bond acceptors (Lipinski definition) is 3. The minimum Gasteiger partial charge on any atom is -0.379 e. The average molecular weight is 357 g/mol. The maximum atomic E-state index is 11.8. The third kappa shape index (κ3) is 14.3. The second kappa shape index (κ2) is 16.8. The van der Waals surface area contributed by atoms with Crippen LogP contribution in [0.1, 0.15) is 86.0 Å². The first-order chi connectivity index (χ1) is 12.1. The Morgan fingerprint density at radius 1 is 1.08 bits per heavy atom. The van der Waals surface area contributed by atoms with Crippen LogP contribution in [-0.2, 0) is 9.53 Å². The molecule has 0 aromatic rings. The summed E-state index contributed by atoms with van der Waals surface area (Å²) in [6, 6.07) is 0. The van der Waals surface area contributed by atoms with Gasteiger partial charge in [-0.1, -0.05) is 46.5 Å². The summed E-state index contributed by atoms with van der Waals surface area (Å²) < 4.78 is 5.53. The Kier molecular flexibility index (Phi) is 16.4. The van der Waals surface area contributed by atoms with Crippen molar-refractivity contribution < 1.29 is 9.53 Å². The lowest BCUT2D eigenvalue weighted by Gasteiger charge is -2.38. The van der Waals surface area contributed by atoms with Gasteiger partial charge in [0.05, 0.1) is 6.10 Å². The molecule has 4 heteroatoms. The minimum absolute atomic E-state index is 0.247.